The molecule has 0 saturated carbocycles. The van der Waals surface area contributed by atoms with E-state index in [1.807, 2.05) is 6.92 Å². The summed E-state index contributed by atoms with van der Waals surface area (Å²) in [6, 6.07) is 0.120. The van der Waals surface area contributed by atoms with Crippen molar-refractivity contribution in [2.45, 2.75) is 39.3 Å². The first-order chi connectivity index (χ1) is 7.16. The number of aryl methyl sites for hydroxylation is 1. The summed E-state index contributed by atoms with van der Waals surface area (Å²) >= 11 is 1.78. The first-order valence-electron chi connectivity index (χ1n) is 5.61. The Morgan fingerprint density at radius 2 is 2.13 bits per heavy atom. The second-order valence-electron chi connectivity index (χ2n) is 4.33. The minimum absolute atomic E-state index is 0.120. The summed E-state index contributed by atoms with van der Waals surface area (Å²) < 4.78 is 0. The number of nitrogens with zero attached hydrogens (tertiary/aromatic N) is 2. The van der Waals surface area contributed by atoms with Crippen molar-refractivity contribution in [2.75, 3.05) is 13.1 Å². The highest BCUT2D eigenvalue weighted by atomic mass is 32.1. The van der Waals surface area contributed by atoms with Crippen molar-refractivity contribution in [3.63, 3.8) is 0 Å². The van der Waals surface area contributed by atoms with Gasteiger partial charge >= 0.3 is 0 Å². The molecule has 2 rings (SSSR count). The Kier molecular flexibility index (Phi) is 3.38. The molecule has 0 bridgehead atoms. The Hall–Kier alpha value is -0.450. The van der Waals surface area contributed by atoms with E-state index in [0.717, 1.165) is 12.2 Å². The second-order valence-corrected chi connectivity index (χ2v) is 5.44. The van der Waals surface area contributed by atoms with Crippen LogP contribution in [0.5, 0.6) is 0 Å². The third kappa shape index (κ3) is 2.56. The fraction of sp³-hybridized carbons (Fsp3) is 0.727. The number of hydrogen-bond acceptors (Lipinski definition) is 4. The quantitative estimate of drug-likeness (QED) is 0.856. The summed E-state index contributed by atoms with van der Waals surface area (Å²) in [5, 5.41) is 1.22. The van der Waals surface area contributed by atoms with Crippen molar-refractivity contribution in [3.8, 4) is 0 Å². The van der Waals surface area contributed by atoms with Gasteiger partial charge in [-0.2, -0.15) is 0 Å². The lowest BCUT2D eigenvalue weighted by Crippen LogP contribution is -2.18. The molecule has 0 spiro atoms. The normalized spacial score (nSPS) is 19.7. The average molecular weight is 225 g/mol. The summed E-state index contributed by atoms with van der Waals surface area (Å²) in [5.41, 5.74) is 7.01. The van der Waals surface area contributed by atoms with Crippen LogP contribution in [-0.4, -0.2) is 23.0 Å². The Balaban J connectivity index is 2.05. The molecule has 1 aromatic rings. The van der Waals surface area contributed by atoms with E-state index in [1.54, 1.807) is 11.3 Å². The highest BCUT2D eigenvalue weighted by molar-refractivity contribution is 7.11. The molecule has 1 unspecified atom stereocenters. The summed E-state index contributed by atoms with van der Waals surface area (Å²) in [6.45, 7) is 7.55. The summed E-state index contributed by atoms with van der Waals surface area (Å²) in [6.07, 6.45) is 2.68. The predicted octanol–water partition coefficient (Wildman–Crippen LogP) is 2.07. The van der Waals surface area contributed by atoms with Crippen LogP contribution in [0.4, 0.5) is 0 Å². The monoisotopic (exact) mass is 225 g/mol. The molecular formula is C11H19N3S. The van der Waals surface area contributed by atoms with Crippen molar-refractivity contribution in [1.29, 1.82) is 0 Å². The molecule has 0 amide bonds. The van der Waals surface area contributed by atoms with Gasteiger partial charge in [0.2, 0.25) is 0 Å². The molecule has 1 aliphatic heterocycles. The maximum atomic E-state index is 5.89. The minimum atomic E-state index is 0.120. The first kappa shape index (κ1) is 11.0. The van der Waals surface area contributed by atoms with E-state index in [2.05, 4.69) is 16.8 Å². The zero-order valence-electron chi connectivity index (χ0n) is 9.49. The standard InChI is InChI=1S/C11H19N3S/c1-8(12)11-9(2)13-10(15-11)7-14-5-3-4-6-14/h8H,3-7,12H2,1-2H3. The molecule has 3 nitrogen and oxygen atoms in total. The van der Waals surface area contributed by atoms with Crippen LogP contribution >= 0.6 is 11.3 Å². The van der Waals surface area contributed by atoms with Gasteiger partial charge in [-0.05, 0) is 39.8 Å². The van der Waals surface area contributed by atoms with Gasteiger partial charge < -0.3 is 5.73 Å². The van der Waals surface area contributed by atoms with Gasteiger partial charge in [0.15, 0.2) is 0 Å². The molecule has 0 radical (unpaired) electrons. The van der Waals surface area contributed by atoms with E-state index in [0.29, 0.717) is 0 Å². The van der Waals surface area contributed by atoms with E-state index in [-0.39, 0.29) is 6.04 Å². The maximum absolute atomic E-state index is 5.89. The molecule has 2 N–H and O–H groups in total. The maximum Gasteiger partial charge on any atom is 0.107 e. The van der Waals surface area contributed by atoms with Gasteiger partial charge in [0.05, 0.1) is 12.2 Å². The van der Waals surface area contributed by atoms with E-state index in [1.165, 1.54) is 35.8 Å². The second kappa shape index (κ2) is 4.60. The fourth-order valence-electron chi connectivity index (χ4n) is 2.09. The number of likely N-dealkylation sites (tertiary alicyclic amines) is 1. The number of hydrogen-bond donors (Lipinski definition) is 1. The van der Waals surface area contributed by atoms with Crippen LogP contribution in [0.25, 0.3) is 0 Å². The lowest BCUT2D eigenvalue weighted by atomic mass is 10.2. The van der Waals surface area contributed by atoms with Gasteiger partial charge in [0.1, 0.15) is 5.01 Å². The zero-order chi connectivity index (χ0) is 10.8. The molecule has 1 fully saturated rings. The Bertz CT molecular complexity index is 327. The van der Waals surface area contributed by atoms with E-state index in [9.17, 15) is 0 Å². The average Bonchev–Trinajstić information content (AvgIpc) is 2.75. The van der Waals surface area contributed by atoms with Crippen molar-refractivity contribution in [3.05, 3.63) is 15.6 Å². The van der Waals surface area contributed by atoms with Crippen LogP contribution in [0.1, 0.15) is 41.4 Å². The van der Waals surface area contributed by atoms with Crippen LogP contribution in [0.2, 0.25) is 0 Å². The van der Waals surface area contributed by atoms with Gasteiger partial charge in [-0.25, -0.2) is 4.98 Å². The summed E-state index contributed by atoms with van der Waals surface area (Å²) in [4.78, 5) is 8.31. The van der Waals surface area contributed by atoms with E-state index in [4.69, 9.17) is 5.73 Å². The molecular weight excluding hydrogens is 206 g/mol. The van der Waals surface area contributed by atoms with Gasteiger partial charge in [-0.15, -0.1) is 11.3 Å². The molecule has 1 aromatic heterocycles. The molecule has 2 heterocycles. The van der Waals surface area contributed by atoms with Crippen molar-refractivity contribution in [1.82, 2.24) is 9.88 Å². The Morgan fingerprint density at radius 3 is 2.67 bits per heavy atom. The summed E-state index contributed by atoms with van der Waals surface area (Å²) in [5.74, 6) is 0. The minimum Gasteiger partial charge on any atom is -0.323 e. The van der Waals surface area contributed by atoms with Crippen LogP contribution < -0.4 is 5.73 Å². The molecule has 1 aliphatic rings. The molecule has 1 atom stereocenters. The van der Waals surface area contributed by atoms with Crippen LogP contribution in [-0.2, 0) is 6.54 Å². The lowest BCUT2D eigenvalue weighted by Gasteiger charge is -2.11. The zero-order valence-corrected chi connectivity index (χ0v) is 10.3. The van der Waals surface area contributed by atoms with E-state index >= 15 is 0 Å². The molecule has 15 heavy (non-hydrogen) atoms. The van der Waals surface area contributed by atoms with Gasteiger partial charge in [0, 0.05) is 10.9 Å². The largest absolute Gasteiger partial charge is 0.323 e. The molecule has 1 saturated heterocycles. The summed E-state index contributed by atoms with van der Waals surface area (Å²) in [7, 11) is 0. The fourth-order valence-corrected chi connectivity index (χ4v) is 3.15. The van der Waals surface area contributed by atoms with Gasteiger partial charge in [-0.1, -0.05) is 0 Å². The van der Waals surface area contributed by atoms with Crippen LogP contribution in [0.15, 0.2) is 0 Å². The lowest BCUT2D eigenvalue weighted by molar-refractivity contribution is 0.330. The van der Waals surface area contributed by atoms with Gasteiger partial charge in [-0.3, -0.25) is 4.90 Å². The number of nitrogens with two attached hydrogens (primary N) is 1. The van der Waals surface area contributed by atoms with Crippen molar-refractivity contribution in [2.24, 2.45) is 5.73 Å². The SMILES string of the molecule is Cc1nc(CN2CCCC2)sc1C(C)N. The van der Waals surface area contributed by atoms with Crippen molar-refractivity contribution < 1.29 is 0 Å². The molecule has 0 aromatic carbocycles. The van der Waals surface area contributed by atoms with Gasteiger partial charge in [0.25, 0.3) is 0 Å². The number of aromatic nitrogens is 1. The van der Waals surface area contributed by atoms with Crippen LogP contribution in [0.3, 0.4) is 0 Å². The molecule has 0 aliphatic carbocycles. The van der Waals surface area contributed by atoms with Crippen molar-refractivity contribution >= 4 is 11.3 Å². The molecule has 84 valence electrons. The Morgan fingerprint density at radius 1 is 1.47 bits per heavy atom. The highest BCUT2D eigenvalue weighted by Gasteiger charge is 2.16. The topological polar surface area (TPSA) is 42.2 Å². The first-order valence-corrected chi connectivity index (χ1v) is 6.42. The smallest absolute Gasteiger partial charge is 0.107 e. The third-order valence-corrected chi connectivity index (χ3v) is 4.19. The predicted molar refractivity (Wildman–Crippen MR) is 64.0 cm³/mol. The highest BCUT2D eigenvalue weighted by Crippen LogP contribution is 2.25. The number of rotatable bonds is 3. The number of thiazole rings is 1. The van der Waals surface area contributed by atoms with Crippen LogP contribution in [0, 0.1) is 6.92 Å². The van der Waals surface area contributed by atoms with E-state index < -0.39 is 0 Å². The third-order valence-electron chi connectivity index (χ3n) is 2.85. The Labute approximate surface area is 95.3 Å². The molecule has 4 heteroatoms.